The first kappa shape index (κ1) is 13.7. The van der Waals surface area contributed by atoms with Crippen LogP contribution in [0.25, 0.3) is 16.6 Å². The number of primary amides is 1. The van der Waals surface area contributed by atoms with Gasteiger partial charge in [0.15, 0.2) is 0 Å². The fourth-order valence-corrected chi connectivity index (χ4v) is 3.34. The lowest BCUT2D eigenvalue weighted by atomic mass is 9.92. The molecule has 4 rings (SSSR count). The molecule has 1 saturated heterocycles. The maximum absolute atomic E-state index is 11.6. The summed E-state index contributed by atoms with van der Waals surface area (Å²) in [6, 6.07) is 11.8. The minimum Gasteiger partial charge on any atom is -0.366 e. The largest absolute Gasteiger partial charge is 0.366 e. The van der Waals surface area contributed by atoms with Crippen LogP contribution in [0, 0.1) is 0 Å². The number of carbonyl (C=O) groups is 1. The third-order valence-electron chi connectivity index (χ3n) is 4.64. The summed E-state index contributed by atoms with van der Waals surface area (Å²) in [5, 5.41) is 8.73. The van der Waals surface area contributed by atoms with Gasteiger partial charge in [0.25, 0.3) is 5.91 Å². The number of hydrogen-bond donors (Lipinski definition) is 2. The molecule has 3 N–H and O–H groups in total. The van der Waals surface area contributed by atoms with E-state index in [-0.39, 0.29) is 11.6 Å². The Bertz CT molecular complexity index is 926. The molecule has 1 aromatic heterocycles. The van der Waals surface area contributed by atoms with E-state index in [9.17, 15) is 4.79 Å². The highest BCUT2D eigenvalue weighted by Crippen LogP contribution is 2.25. The van der Waals surface area contributed by atoms with Gasteiger partial charge in [-0.2, -0.15) is 5.10 Å². The predicted octanol–water partition coefficient (Wildman–Crippen LogP) is 2.59. The lowest BCUT2D eigenvalue weighted by Gasteiger charge is -2.23. The minimum atomic E-state index is -0.624. The molecule has 0 radical (unpaired) electrons. The summed E-state index contributed by atoms with van der Waals surface area (Å²) < 4.78 is 9.62. The molecule has 0 saturated carbocycles. The molecule has 24 heavy (non-hydrogen) atoms. The average Bonchev–Trinajstić information content (AvgIpc) is 3.06. The summed E-state index contributed by atoms with van der Waals surface area (Å²) in [6.45, 7) is 2.13. The molecule has 3 aromatic rings. The summed E-state index contributed by atoms with van der Waals surface area (Å²) in [5.41, 5.74) is 8.31. The number of nitrogens with zero attached hydrogens (tertiary/aromatic N) is 2. The maximum Gasteiger partial charge on any atom is 0.250 e. The number of piperidine rings is 1. The molecule has 0 unspecified atom stereocenters. The molecule has 2 aromatic carbocycles. The number of nitrogens with two attached hydrogens (primary N) is 1. The molecule has 1 atom stereocenters. The van der Waals surface area contributed by atoms with Gasteiger partial charge < -0.3 is 11.1 Å². The van der Waals surface area contributed by atoms with E-state index in [4.69, 9.17) is 7.10 Å². The molecule has 122 valence electrons. The molecule has 1 fully saturated rings. The van der Waals surface area contributed by atoms with Gasteiger partial charge in [0.05, 0.1) is 12.6 Å². The van der Waals surface area contributed by atoms with Crippen molar-refractivity contribution in [3.05, 3.63) is 59.8 Å². The van der Waals surface area contributed by atoms with Crippen molar-refractivity contribution in [1.82, 2.24) is 15.1 Å². The molecule has 1 amide bonds. The molecule has 5 heteroatoms. The molecule has 5 nitrogen and oxygen atoms in total. The summed E-state index contributed by atoms with van der Waals surface area (Å²) in [4.78, 5) is 11.6. The second kappa shape index (κ2) is 6.09. The van der Waals surface area contributed by atoms with Crippen LogP contribution in [0.15, 0.2) is 48.6 Å². The van der Waals surface area contributed by atoms with Crippen LogP contribution >= 0.6 is 0 Å². The zero-order valence-corrected chi connectivity index (χ0v) is 13.3. The van der Waals surface area contributed by atoms with E-state index < -0.39 is 5.91 Å². The maximum atomic E-state index is 11.6. The fourth-order valence-electron chi connectivity index (χ4n) is 3.34. The molecular weight excluding hydrogens is 300 g/mol. The van der Waals surface area contributed by atoms with E-state index in [0.29, 0.717) is 11.4 Å². The number of carbonyl (C=O) groups excluding carboxylic acids is 1. The van der Waals surface area contributed by atoms with Crippen LogP contribution in [-0.2, 0) is 0 Å². The van der Waals surface area contributed by atoms with E-state index in [1.165, 1.54) is 18.4 Å². The number of benzene rings is 2. The van der Waals surface area contributed by atoms with Gasteiger partial charge in [-0.25, -0.2) is 4.68 Å². The van der Waals surface area contributed by atoms with Crippen LogP contribution in [0.1, 0.15) is 36.1 Å². The Kier molecular flexibility index (Phi) is 3.49. The highest BCUT2D eigenvalue weighted by atomic mass is 16.1. The zero-order chi connectivity index (χ0) is 17.4. The Morgan fingerprint density at radius 1 is 1.33 bits per heavy atom. The number of nitrogens with one attached hydrogen (secondary N) is 1. The second-order valence-electron chi connectivity index (χ2n) is 6.23. The lowest BCUT2D eigenvalue weighted by Crippen LogP contribution is -2.28. The Hall–Kier alpha value is -2.66. The summed E-state index contributed by atoms with van der Waals surface area (Å²) >= 11 is 0. The van der Waals surface area contributed by atoms with Crippen molar-refractivity contribution in [2.24, 2.45) is 5.73 Å². The predicted molar refractivity (Wildman–Crippen MR) is 94.4 cm³/mol. The molecule has 1 aliphatic heterocycles. The van der Waals surface area contributed by atoms with Gasteiger partial charge in [-0.1, -0.05) is 24.3 Å². The van der Waals surface area contributed by atoms with Gasteiger partial charge >= 0.3 is 0 Å². The van der Waals surface area contributed by atoms with Crippen LogP contribution in [0.5, 0.6) is 0 Å². The number of rotatable bonds is 3. The summed E-state index contributed by atoms with van der Waals surface area (Å²) in [5.74, 6) is -0.0622. The first-order valence-electron chi connectivity index (χ1n) is 8.73. The SMILES string of the molecule is [2H]c1ccc2cn(-c3ccc([C@@H]4CCCNC4)cc3)nc2c1C(N)=O. The summed E-state index contributed by atoms with van der Waals surface area (Å²) in [6.07, 6.45) is 4.28. The highest BCUT2D eigenvalue weighted by molar-refractivity contribution is 6.04. The van der Waals surface area contributed by atoms with Crippen molar-refractivity contribution in [2.75, 3.05) is 13.1 Å². The number of hydrogen-bond acceptors (Lipinski definition) is 3. The molecular formula is C19H20N4O. The second-order valence-corrected chi connectivity index (χ2v) is 6.23. The van der Waals surface area contributed by atoms with E-state index in [1.807, 2.05) is 18.3 Å². The van der Waals surface area contributed by atoms with Crippen molar-refractivity contribution in [2.45, 2.75) is 18.8 Å². The minimum absolute atomic E-state index is 0.102. The van der Waals surface area contributed by atoms with Gasteiger partial charge in [0.2, 0.25) is 0 Å². The van der Waals surface area contributed by atoms with Crippen LogP contribution in [0.3, 0.4) is 0 Å². The van der Waals surface area contributed by atoms with Crippen molar-refractivity contribution in [3.63, 3.8) is 0 Å². The quantitative estimate of drug-likeness (QED) is 0.779. The van der Waals surface area contributed by atoms with E-state index >= 15 is 0 Å². The molecule has 0 bridgehead atoms. The van der Waals surface area contributed by atoms with Crippen molar-refractivity contribution >= 4 is 16.8 Å². The fraction of sp³-hybridized carbons (Fsp3) is 0.263. The van der Waals surface area contributed by atoms with Crippen molar-refractivity contribution in [3.8, 4) is 5.69 Å². The standard InChI is InChI=1S/C19H20N4O/c20-19(24)17-5-1-3-15-12-23(22-18(15)17)16-8-6-13(7-9-16)14-4-2-10-21-11-14/h1,3,5-9,12,14,21H,2,4,10-11H2,(H2,20,24)/t14-/m1/s1/i5D. The smallest absolute Gasteiger partial charge is 0.250 e. The Morgan fingerprint density at radius 2 is 2.17 bits per heavy atom. The summed E-state index contributed by atoms with van der Waals surface area (Å²) in [7, 11) is 0. The molecule has 0 aliphatic carbocycles. The van der Waals surface area contributed by atoms with E-state index in [0.717, 1.165) is 24.2 Å². The zero-order valence-electron chi connectivity index (χ0n) is 14.3. The van der Waals surface area contributed by atoms with Crippen LogP contribution < -0.4 is 11.1 Å². The lowest BCUT2D eigenvalue weighted by molar-refractivity contribution is 0.100. The van der Waals surface area contributed by atoms with Gasteiger partial charge in [-0.15, -0.1) is 0 Å². The Balaban J connectivity index is 1.70. The monoisotopic (exact) mass is 321 g/mol. The van der Waals surface area contributed by atoms with Crippen molar-refractivity contribution < 1.29 is 6.17 Å². The Labute approximate surface area is 141 Å². The van der Waals surface area contributed by atoms with Crippen LogP contribution in [0.4, 0.5) is 0 Å². The Morgan fingerprint density at radius 3 is 2.88 bits per heavy atom. The van der Waals surface area contributed by atoms with E-state index in [2.05, 4.69) is 22.5 Å². The van der Waals surface area contributed by atoms with Crippen LogP contribution in [0.2, 0.25) is 0 Å². The number of fused-ring (bicyclic) bond motifs is 1. The van der Waals surface area contributed by atoms with Gasteiger partial charge in [0.1, 0.15) is 5.52 Å². The third kappa shape index (κ3) is 2.67. The first-order valence-corrected chi connectivity index (χ1v) is 8.23. The van der Waals surface area contributed by atoms with Crippen molar-refractivity contribution in [1.29, 1.82) is 0 Å². The molecule has 0 spiro atoms. The van der Waals surface area contributed by atoms with Gasteiger partial charge in [-0.3, -0.25) is 4.79 Å². The topological polar surface area (TPSA) is 72.9 Å². The average molecular weight is 321 g/mol. The normalized spacial score (nSPS) is 18.5. The molecule has 1 aliphatic rings. The number of amides is 1. The number of aromatic nitrogens is 2. The molecule has 2 heterocycles. The van der Waals surface area contributed by atoms with Crippen LogP contribution in [-0.4, -0.2) is 28.8 Å². The van der Waals surface area contributed by atoms with E-state index in [1.54, 1.807) is 16.8 Å². The highest BCUT2D eigenvalue weighted by Gasteiger charge is 2.15. The van der Waals surface area contributed by atoms with Gasteiger partial charge in [-0.05, 0) is 49.0 Å². The third-order valence-corrected chi connectivity index (χ3v) is 4.64. The first-order chi connectivity index (χ1) is 12.1. The van der Waals surface area contributed by atoms with Gasteiger partial charge in [0, 0.05) is 18.1 Å².